The number of nitrogens with one attached hydrogen (secondary N) is 2. The summed E-state index contributed by atoms with van der Waals surface area (Å²) in [5, 5.41) is 9.61. The van der Waals surface area contributed by atoms with Crippen LogP contribution in [0.25, 0.3) is 11.3 Å². The van der Waals surface area contributed by atoms with Crippen LogP contribution in [0.2, 0.25) is 0 Å². The molecule has 4 rings (SSSR count). The van der Waals surface area contributed by atoms with Crippen LogP contribution in [-0.2, 0) is 16.0 Å². The van der Waals surface area contributed by atoms with E-state index in [1.165, 1.54) is 0 Å². The van der Waals surface area contributed by atoms with Gasteiger partial charge in [0.25, 0.3) is 5.91 Å². The minimum atomic E-state index is -0.637. The molecule has 3 aromatic carbocycles. The van der Waals surface area contributed by atoms with Gasteiger partial charge in [-0.2, -0.15) is 5.10 Å². The summed E-state index contributed by atoms with van der Waals surface area (Å²) in [5.74, 6) is -1.04. The van der Waals surface area contributed by atoms with E-state index in [1.807, 2.05) is 84.9 Å². The van der Waals surface area contributed by atoms with Crippen LogP contribution in [0.3, 0.4) is 0 Å². The van der Waals surface area contributed by atoms with Crippen LogP contribution in [0, 0.1) is 0 Å². The van der Waals surface area contributed by atoms with E-state index in [2.05, 4.69) is 15.5 Å². The van der Waals surface area contributed by atoms with Crippen LogP contribution in [0.1, 0.15) is 21.6 Å². The lowest BCUT2D eigenvalue weighted by molar-refractivity contribution is -0.119. The van der Waals surface area contributed by atoms with Gasteiger partial charge < -0.3 is 10.1 Å². The van der Waals surface area contributed by atoms with Crippen LogP contribution in [0.15, 0.2) is 91.0 Å². The number of rotatable bonds is 7. The van der Waals surface area contributed by atoms with E-state index in [0.29, 0.717) is 17.8 Å². The Morgan fingerprint density at radius 1 is 0.871 bits per heavy atom. The molecule has 1 aromatic heterocycles. The van der Waals surface area contributed by atoms with E-state index in [1.54, 1.807) is 6.07 Å². The molecule has 1 amide bonds. The largest absolute Gasteiger partial charge is 0.451 e. The van der Waals surface area contributed by atoms with Crippen LogP contribution < -0.4 is 5.32 Å². The number of aromatic nitrogens is 2. The molecule has 31 heavy (non-hydrogen) atoms. The lowest BCUT2D eigenvalue weighted by Crippen LogP contribution is -2.21. The van der Waals surface area contributed by atoms with Gasteiger partial charge in [-0.25, -0.2) is 4.79 Å². The van der Waals surface area contributed by atoms with Gasteiger partial charge in [0.15, 0.2) is 6.61 Å². The minimum Gasteiger partial charge on any atom is -0.451 e. The molecule has 0 aliphatic carbocycles. The first-order chi connectivity index (χ1) is 15.2. The number of esters is 1. The fourth-order valence-electron chi connectivity index (χ4n) is 3.19. The number of ether oxygens (including phenoxy) is 1. The van der Waals surface area contributed by atoms with Crippen molar-refractivity contribution in [1.29, 1.82) is 0 Å². The van der Waals surface area contributed by atoms with Gasteiger partial charge in [0, 0.05) is 11.3 Å². The summed E-state index contributed by atoms with van der Waals surface area (Å²) in [5.41, 5.74) is 4.52. The van der Waals surface area contributed by atoms with Crippen LogP contribution in [-0.4, -0.2) is 28.7 Å². The molecule has 0 aliphatic heterocycles. The zero-order chi connectivity index (χ0) is 21.5. The summed E-state index contributed by atoms with van der Waals surface area (Å²) in [6.45, 7) is -0.391. The zero-order valence-electron chi connectivity index (χ0n) is 16.7. The molecule has 2 N–H and O–H groups in total. The summed E-state index contributed by atoms with van der Waals surface area (Å²) in [6.07, 6.45) is 0.688. The highest BCUT2D eigenvalue weighted by Crippen LogP contribution is 2.20. The summed E-state index contributed by atoms with van der Waals surface area (Å²) in [4.78, 5) is 24.6. The minimum absolute atomic E-state index is 0.191. The van der Waals surface area contributed by atoms with E-state index < -0.39 is 18.5 Å². The molecule has 154 valence electrons. The molecule has 0 unspecified atom stereocenters. The maximum atomic E-state index is 12.4. The van der Waals surface area contributed by atoms with Crippen molar-refractivity contribution in [2.45, 2.75) is 6.42 Å². The predicted octanol–water partition coefficient (Wildman–Crippen LogP) is 4.46. The van der Waals surface area contributed by atoms with Crippen molar-refractivity contribution in [3.63, 3.8) is 0 Å². The zero-order valence-corrected chi connectivity index (χ0v) is 16.7. The molecular weight excluding hydrogens is 390 g/mol. The molecule has 6 heteroatoms. The Kier molecular flexibility index (Phi) is 6.18. The number of H-pyrrole nitrogens is 1. The Morgan fingerprint density at radius 2 is 1.55 bits per heavy atom. The van der Waals surface area contributed by atoms with E-state index in [-0.39, 0.29) is 5.69 Å². The molecule has 0 fully saturated rings. The maximum absolute atomic E-state index is 12.4. The Hall–Kier alpha value is -4.19. The van der Waals surface area contributed by atoms with Crippen molar-refractivity contribution in [2.24, 2.45) is 0 Å². The number of carbonyl (C=O) groups is 2. The topological polar surface area (TPSA) is 84.1 Å². The highest BCUT2D eigenvalue weighted by Gasteiger charge is 2.15. The number of para-hydroxylation sites is 1. The van der Waals surface area contributed by atoms with Gasteiger partial charge in [0.2, 0.25) is 0 Å². The van der Waals surface area contributed by atoms with E-state index in [9.17, 15) is 9.59 Å². The van der Waals surface area contributed by atoms with Crippen LogP contribution in [0.4, 0.5) is 5.69 Å². The van der Waals surface area contributed by atoms with Gasteiger partial charge >= 0.3 is 5.97 Å². The van der Waals surface area contributed by atoms with Gasteiger partial charge in [0.1, 0.15) is 5.69 Å². The highest BCUT2D eigenvalue weighted by molar-refractivity contribution is 5.95. The van der Waals surface area contributed by atoms with Crippen molar-refractivity contribution in [2.75, 3.05) is 11.9 Å². The Morgan fingerprint density at radius 3 is 2.32 bits per heavy atom. The van der Waals surface area contributed by atoms with Crippen molar-refractivity contribution in [3.05, 3.63) is 108 Å². The van der Waals surface area contributed by atoms with Gasteiger partial charge in [-0.05, 0) is 29.7 Å². The molecule has 0 spiro atoms. The first-order valence-electron chi connectivity index (χ1n) is 9.88. The number of carbonyl (C=O) groups excluding carboxylic acids is 2. The first-order valence-corrected chi connectivity index (χ1v) is 9.88. The molecule has 0 aliphatic rings. The smallest absolute Gasteiger partial charge is 0.356 e. The molecule has 6 nitrogen and oxygen atoms in total. The second kappa shape index (κ2) is 9.54. The number of benzene rings is 3. The number of nitrogens with zero attached hydrogens (tertiary/aromatic N) is 1. The van der Waals surface area contributed by atoms with Gasteiger partial charge in [-0.1, -0.05) is 78.9 Å². The fourth-order valence-corrected chi connectivity index (χ4v) is 3.19. The van der Waals surface area contributed by atoms with Gasteiger partial charge in [-0.15, -0.1) is 0 Å². The number of anilines is 1. The van der Waals surface area contributed by atoms with E-state index in [4.69, 9.17) is 4.74 Å². The second-order valence-corrected chi connectivity index (χ2v) is 6.98. The number of amides is 1. The van der Waals surface area contributed by atoms with Gasteiger partial charge in [-0.3, -0.25) is 9.89 Å². The molecular formula is C25H21N3O3. The Bertz CT molecular complexity index is 1170. The van der Waals surface area contributed by atoms with Crippen molar-refractivity contribution in [1.82, 2.24) is 10.2 Å². The molecule has 0 saturated carbocycles. The third-order valence-electron chi connectivity index (χ3n) is 4.73. The summed E-state index contributed by atoms with van der Waals surface area (Å²) < 4.78 is 5.15. The third-order valence-corrected chi connectivity index (χ3v) is 4.73. The molecule has 0 radical (unpaired) electrons. The normalized spacial score (nSPS) is 10.5. The van der Waals surface area contributed by atoms with Crippen molar-refractivity contribution in [3.8, 4) is 11.3 Å². The maximum Gasteiger partial charge on any atom is 0.356 e. The average Bonchev–Trinajstić information content (AvgIpc) is 3.31. The lowest BCUT2D eigenvalue weighted by atomic mass is 10.0. The standard InChI is InChI=1S/C25H21N3O3/c29-24(26-21-14-8-7-13-20(21)15-18-9-3-1-4-10-18)17-31-25(30)23-16-22(27-28-23)19-11-5-2-6-12-19/h1-14,16H,15,17H2,(H,26,29)(H,27,28). The van der Waals surface area contributed by atoms with Crippen LogP contribution >= 0.6 is 0 Å². The van der Waals surface area contributed by atoms with Crippen LogP contribution in [0.5, 0.6) is 0 Å². The number of aromatic amines is 1. The Balaban J connectivity index is 1.35. The molecule has 0 atom stereocenters. The van der Waals surface area contributed by atoms with Crippen molar-refractivity contribution >= 4 is 17.6 Å². The molecule has 0 saturated heterocycles. The second-order valence-electron chi connectivity index (χ2n) is 6.98. The number of hydrogen-bond donors (Lipinski definition) is 2. The summed E-state index contributed by atoms with van der Waals surface area (Å²) >= 11 is 0. The van der Waals surface area contributed by atoms with E-state index >= 15 is 0 Å². The summed E-state index contributed by atoms with van der Waals surface area (Å²) in [6, 6.07) is 28.7. The monoisotopic (exact) mass is 411 g/mol. The van der Waals surface area contributed by atoms with Crippen molar-refractivity contribution < 1.29 is 14.3 Å². The lowest BCUT2D eigenvalue weighted by Gasteiger charge is -2.11. The third kappa shape index (κ3) is 5.25. The molecule has 1 heterocycles. The van der Waals surface area contributed by atoms with E-state index in [0.717, 1.165) is 16.7 Å². The SMILES string of the molecule is O=C(COC(=O)c1cc(-c2ccccc2)n[nH]1)Nc1ccccc1Cc1ccccc1. The average molecular weight is 411 g/mol. The quantitative estimate of drug-likeness (QED) is 0.440. The number of hydrogen-bond acceptors (Lipinski definition) is 4. The first kappa shape index (κ1) is 20.1. The molecule has 4 aromatic rings. The summed E-state index contributed by atoms with van der Waals surface area (Å²) in [7, 11) is 0. The predicted molar refractivity (Wildman–Crippen MR) is 119 cm³/mol. The Labute approximate surface area is 179 Å². The van der Waals surface area contributed by atoms with Gasteiger partial charge in [0.05, 0.1) is 5.69 Å². The molecule has 0 bridgehead atoms. The highest BCUT2D eigenvalue weighted by atomic mass is 16.5. The fraction of sp³-hybridized carbons (Fsp3) is 0.0800.